The van der Waals surface area contributed by atoms with Crippen LogP contribution in [0, 0.1) is 0 Å². The molecule has 0 bridgehead atoms. The van der Waals surface area contributed by atoms with Crippen LogP contribution in [-0.2, 0) is 16.1 Å². The van der Waals surface area contributed by atoms with Crippen LogP contribution in [0.25, 0.3) is 0 Å². The first-order chi connectivity index (χ1) is 12.3. The fourth-order valence-electron chi connectivity index (χ4n) is 4.24. The van der Waals surface area contributed by atoms with E-state index >= 15 is 0 Å². The lowest BCUT2D eigenvalue weighted by atomic mass is 9.99. The third-order valence-corrected chi connectivity index (χ3v) is 5.55. The topological polar surface area (TPSA) is 54.9 Å². The Labute approximate surface area is 149 Å². The minimum absolute atomic E-state index is 0.139. The summed E-state index contributed by atoms with van der Waals surface area (Å²) in [6, 6.07) is 4.41. The van der Waals surface area contributed by atoms with Crippen molar-refractivity contribution >= 4 is 6.03 Å². The van der Waals surface area contributed by atoms with Crippen molar-refractivity contribution in [1.29, 1.82) is 0 Å². The van der Waals surface area contributed by atoms with E-state index in [1.807, 2.05) is 23.2 Å². The highest BCUT2D eigenvalue weighted by atomic mass is 16.5. The molecule has 6 nitrogen and oxygen atoms in total. The van der Waals surface area contributed by atoms with Crippen LogP contribution in [0.1, 0.15) is 37.7 Å². The molecule has 1 unspecified atom stereocenters. The summed E-state index contributed by atoms with van der Waals surface area (Å²) < 4.78 is 12.0. The fourth-order valence-corrected chi connectivity index (χ4v) is 4.24. The van der Waals surface area contributed by atoms with Crippen molar-refractivity contribution < 1.29 is 14.3 Å². The normalized spacial score (nSPS) is 29.0. The predicted molar refractivity (Wildman–Crippen MR) is 93.1 cm³/mol. The molecule has 136 valence electrons. The van der Waals surface area contributed by atoms with Crippen LogP contribution in [0.2, 0.25) is 0 Å². The molecule has 6 heteroatoms. The van der Waals surface area contributed by atoms with Crippen LogP contribution in [0.4, 0.5) is 4.79 Å². The van der Waals surface area contributed by atoms with Gasteiger partial charge in [-0.05, 0) is 43.7 Å². The number of pyridine rings is 1. The first kappa shape index (κ1) is 16.8. The van der Waals surface area contributed by atoms with Gasteiger partial charge in [0.1, 0.15) is 0 Å². The van der Waals surface area contributed by atoms with Gasteiger partial charge in [-0.1, -0.05) is 6.07 Å². The highest BCUT2D eigenvalue weighted by molar-refractivity contribution is 5.75. The van der Waals surface area contributed by atoms with Gasteiger partial charge in [-0.25, -0.2) is 4.79 Å². The Kier molecular flexibility index (Phi) is 5.17. The van der Waals surface area contributed by atoms with Gasteiger partial charge >= 0.3 is 6.03 Å². The number of hydrogen-bond acceptors (Lipinski definition) is 4. The smallest absolute Gasteiger partial charge is 0.320 e. The van der Waals surface area contributed by atoms with E-state index < -0.39 is 0 Å². The third kappa shape index (κ3) is 3.80. The van der Waals surface area contributed by atoms with Crippen molar-refractivity contribution in [3.05, 3.63) is 30.1 Å². The summed E-state index contributed by atoms with van der Waals surface area (Å²) >= 11 is 0. The van der Waals surface area contributed by atoms with Crippen molar-refractivity contribution in [2.75, 3.05) is 26.2 Å². The number of rotatable bonds is 4. The summed E-state index contributed by atoms with van der Waals surface area (Å²) in [5.74, 6) is 0. The maximum atomic E-state index is 12.7. The van der Waals surface area contributed by atoms with E-state index in [4.69, 9.17) is 9.47 Å². The van der Waals surface area contributed by atoms with Gasteiger partial charge < -0.3 is 19.3 Å². The number of fused-ring (bicyclic) bond motifs is 1. The molecular formula is C19H27N3O3. The SMILES string of the molecule is O=C(N1CCCC1)N1CC[C@@H]2OC(COCc3cccnc3)CC[C@@H]21. The standard InChI is InChI=1S/C19H27N3O3/c23-19(21-9-1-2-10-21)22-11-7-18-17(22)6-5-16(25-18)14-24-13-15-4-3-8-20-12-15/h3-4,8,12,16-18H,1-2,5-7,9-11,13-14H2/t16?,17-,18-/m0/s1. The van der Waals surface area contributed by atoms with E-state index in [2.05, 4.69) is 9.88 Å². The summed E-state index contributed by atoms with van der Waals surface area (Å²) in [6.07, 6.45) is 9.11. The maximum absolute atomic E-state index is 12.7. The quantitative estimate of drug-likeness (QED) is 0.841. The summed E-state index contributed by atoms with van der Waals surface area (Å²) in [7, 11) is 0. The minimum atomic E-state index is 0.139. The van der Waals surface area contributed by atoms with Crippen LogP contribution in [-0.4, -0.2) is 65.3 Å². The third-order valence-electron chi connectivity index (χ3n) is 5.55. The van der Waals surface area contributed by atoms with Gasteiger partial charge in [-0.3, -0.25) is 4.98 Å². The molecule has 4 heterocycles. The number of carbonyl (C=O) groups is 1. The second-order valence-corrected chi connectivity index (χ2v) is 7.28. The van der Waals surface area contributed by atoms with Gasteiger partial charge in [0, 0.05) is 32.0 Å². The maximum Gasteiger partial charge on any atom is 0.320 e. The molecule has 0 aromatic carbocycles. The Bertz CT molecular complexity index is 577. The first-order valence-electron chi connectivity index (χ1n) is 9.49. The molecule has 0 aliphatic carbocycles. The van der Waals surface area contributed by atoms with E-state index in [1.54, 1.807) is 6.20 Å². The second kappa shape index (κ2) is 7.70. The Balaban J connectivity index is 1.25. The summed E-state index contributed by atoms with van der Waals surface area (Å²) in [5, 5.41) is 0. The lowest BCUT2D eigenvalue weighted by Gasteiger charge is -2.37. The molecule has 2 amide bonds. The zero-order valence-corrected chi connectivity index (χ0v) is 14.7. The molecule has 0 N–H and O–H groups in total. The highest BCUT2D eigenvalue weighted by Gasteiger charge is 2.43. The number of hydrogen-bond donors (Lipinski definition) is 0. The fraction of sp³-hybridized carbons (Fsp3) is 0.684. The molecule has 1 aromatic heterocycles. The van der Waals surface area contributed by atoms with Gasteiger partial charge in [-0.2, -0.15) is 0 Å². The number of ether oxygens (including phenoxy) is 2. The van der Waals surface area contributed by atoms with Crippen LogP contribution in [0.5, 0.6) is 0 Å². The number of nitrogens with zero attached hydrogens (tertiary/aromatic N) is 3. The molecule has 3 atom stereocenters. The number of aromatic nitrogens is 1. The number of likely N-dealkylation sites (tertiary alicyclic amines) is 2. The van der Waals surface area contributed by atoms with E-state index in [9.17, 15) is 4.79 Å². The largest absolute Gasteiger partial charge is 0.374 e. The second-order valence-electron chi connectivity index (χ2n) is 7.28. The summed E-state index contributed by atoms with van der Waals surface area (Å²) in [6.45, 7) is 3.84. The predicted octanol–water partition coefficient (Wildman–Crippen LogP) is 2.44. The Morgan fingerprint density at radius 3 is 2.92 bits per heavy atom. The van der Waals surface area contributed by atoms with Gasteiger partial charge in [-0.15, -0.1) is 0 Å². The van der Waals surface area contributed by atoms with Crippen LogP contribution < -0.4 is 0 Å². The van der Waals surface area contributed by atoms with Gasteiger partial charge in [0.2, 0.25) is 0 Å². The van der Waals surface area contributed by atoms with Crippen LogP contribution in [0.3, 0.4) is 0 Å². The molecule has 1 aromatic rings. The van der Waals surface area contributed by atoms with Crippen molar-refractivity contribution in [2.24, 2.45) is 0 Å². The van der Waals surface area contributed by atoms with Gasteiger partial charge in [0.05, 0.1) is 31.5 Å². The first-order valence-corrected chi connectivity index (χ1v) is 9.49. The van der Waals surface area contributed by atoms with E-state index in [1.165, 1.54) is 0 Å². The summed E-state index contributed by atoms with van der Waals surface area (Å²) in [5.41, 5.74) is 1.08. The molecule has 4 rings (SSSR count). The zero-order chi connectivity index (χ0) is 17.1. The average Bonchev–Trinajstić information content (AvgIpc) is 3.32. The van der Waals surface area contributed by atoms with Crippen molar-refractivity contribution in [3.8, 4) is 0 Å². The van der Waals surface area contributed by atoms with Crippen molar-refractivity contribution in [1.82, 2.24) is 14.8 Å². The number of carbonyl (C=O) groups excluding carboxylic acids is 1. The Hall–Kier alpha value is -1.66. The minimum Gasteiger partial charge on any atom is -0.374 e. The lowest BCUT2D eigenvalue weighted by molar-refractivity contribution is -0.0988. The molecule has 3 aliphatic heterocycles. The van der Waals surface area contributed by atoms with E-state index in [0.717, 1.165) is 57.3 Å². The van der Waals surface area contributed by atoms with Gasteiger partial charge in [0.25, 0.3) is 0 Å². The number of urea groups is 1. The van der Waals surface area contributed by atoms with Crippen LogP contribution in [0.15, 0.2) is 24.5 Å². The monoisotopic (exact) mass is 345 g/mol. The number of amides is 2. The molecule has 3 fully saturated rings. The Morgan fingerprint density at radius 2 is 2.12 bits per heavy atom. The van der Waals surface area contributed by atoms with Crippen molar-refractivity contribution in [2.45, 2.75) is 57.0 Å². The molecule has 0 radical (unpaired) electrons. The zero-order valence-electron chi connectivity index (χ0n) is 14.7. The van der Waals surface area contributed by atoms with E-state index in [0.29, 0.717) is 13.2 Å². The van der Waals surface area contributed by atoms with E-state index in [-0.39, 0.29) is 24.3 Å². The molecular weight excluding hydrogens is 318 g/mol. The molecule has 3 aliphatic rings. The molecule has 0 saturated carbocycles. The van der Waals surface area contributed by atoms with Crippen molar-refractivity contribution in [3.63, 3.8) is 0 Å². The van der Waals surface area contributed by atoms with Gasteiger partial charge in [0.15, 0.2) is 0 Å². The molecule has 3 saturated heterocycles. The lowest BCUT2D eigenvalue weighted by Crippen LogP contribution is -2.49. The average molecular weight is 345 g/mol. The molecule has 0 spiro atoms. The Morgan fingerprint density at radius 1 is 1.24 bits per heavy atom. The molecule has 25 heavy (non-hydrogen) atoms. The summed E-state index contributed by atoms with van der Waals surface area (Å²) in [4.78, 5) is 20.8. The van der Waals surface area contributed by atoms with Crippen LogP contribution >= 0.6 is 0 Å². The highest BCUT2D eigenvalue weighted by Crippen LogP contribution is 2.32.